The normalized spacial score (nSPS) is 13.2. The monoisotopic (exact) mass is 365 g/mol. The largest absolute Gasteiger partial charge is 0.495 e. The molecule has 26 heavy (non-hydrogen) atoms. The molecule has 1 amide bonds. The van der Waals surface area contributed by atoms with Crippen molar-refractivity contribution in [2.45, 2.75) is 26.1 Å². The fraction of sp³-hybridized carbons (Fsp3) is 0.316. The molecule has 2 aromatic rings. The number of rotatable bonds is 8. The van der Waals surface area contributed by atoms with E-state index in [1.54, 1.807) is 31.4 Å². The maximum atomic E-state index is 12.5. The Morgan fingerprint density at radius 2 is 1.81 bits per heavy atom. The van der Waals surface area contributed by atoms with E-state index in [0.29, 0.717) is 18.0 Å². The van der Waals surface area contributed by atoms with Gasteiger partial charge >= 0.3 is 6.61 Å². The second-order valence-electron chi connectivity index (χ2n) is 5.96. The van der Waals surface area contributed by atoms with E-state index in [4.69, 9.17) is 4.74 Å². The number of amides is 1. The van der Waals surface area contributed by atoms with Crippen LogP contribution in [0.3, 0.4) is 0 Å². The summed E-state index contributed by atoms with van der Waals surface area (Å²) in [7, 11) is 3.45. The van der Waals surface area contributed by atoms with Crippen LogP contribution in [0, 0.1) is 0 Å². The number of quaternary nitrogens is 1. The highest BCUT2D eigenvalue weighted by Crippen LogP contribution is 2.22. The number of ether oxygens (including phenoxy) is 2. The molecule has 2 N–H and O–H groups in total. The molecule has 2 rings (SSSR count). The van der Waals surface area contributed by atoms with Gasteiger partial charge in [0.25, 0.3) is 5.91 Å². The number of benzene rings is 2. The van der Waals surface area contributed by atoms with Crippen LogP contribution >= 0.6 is 0 Å². The van der Waals surface area contributed by atoms with Crippen LogP contribution in [0.15, 0.2) is 48.5 Å². The number of likely N-dealkylation sites (N-methyl/N-ethyl adjacent to an activating group) is 1. The minimum absolute atomic E-state index is 0.114. The fourth-order valence-corrected chi connectivity index (χ4v) is 2.48. The molecule has 0 saturated heterocycles. The number of methoxy groups -OCH3 is 1. The predicted octanol–water partition coefficient (Wildman–Crippen LogP) is 2.34. The standard InChI is InChI=1S/C19H22F2N2O3/c1-13(18(24)22-16-6-4-5-7-17(16)25-3)23(2)12-14-8-10-15(11-9-14)26-19(20)21/h4-11,13,19H,12H2,1-3H3,(H,22,24)/p+1/t13-/m1/s1. The number of hydrogen-bond donors (Lipinski definition) is 2. The summed E-state index contributed by atoms with van der Waals surface area (Å²) in [6, 6.07) is 13.3. The molecule has 7 heteroatoms. The van der Waals surface area contributed by atoms with Crippen molar-refractivity contribution in [1.82, 2.24) is 0 Å². The van der Waals surface area contributed by atoms with E-state index in [2.05, 4.69) is 10.1 Å². The molecule has 2 aromatic carbocycles. The highest BCUT2D eigenvalue weighted by atomic mass is 19.3. The van der Waals surface area contributed by atoms with Gasteiger partial charge in [-0.3, -0.25) is 4.79 Å². The van der Waals surface area contributed by atoms with Crippen molar-refractivity contribution >= 4 is 11.6 Å². The van der Waals surface area contributed by atoms with Crippen LogP contribution in [-0.2, 0) is 11.3 Å². The van der Waals surface area contributed by atoms with E-state index in [1.165, 1.54) is 12.1 Å². The van der Waals surface area contributed by atoms with Gasteiger partial charge in [-0.05, 0) is 43.3 Å². The Bertz CT molecular complexity index is 723. The van der Waals surface area contributed by atoms with Crippen LogP contribution < -0.4 is 19.7 Å². The van der Waals surface area contributed by atoms with Crippen molar-refractivity contribution in [3.8, 4) is 11.5 Å². The zero-order valence-corrected chi connectivity index (χ0v) is 15.0. The highest BCUT2D eigenvalue weighted by Gasteiger charge is 2.23. The third kappa shape index (κ3) is 5.42. The molecular formula is C19H23F2N2O3+. The Kier molecular flexibility index (Phi) is 6.91. The molecule has 0 aromatic heterocycles. The van der Waals surface area contributed by atoms with Crippen LogP contribution in [0.4, 0.5) is 14.5 Å². The first-order valence-corrected chi connectivity index (χ1v) is 8.20. The third-order valence-corrected chi connectivity index (χ3v) is 4.13. The molecular weight excluding hydrogens is 342 g/mol. The van der Waals surface area contributed by atoms with Gasteiger partial charge in [0.2, 0.25) is 0 Å². The summed E-state index contributed by atoms with van der Waals surface area (Å²) in [4.78, 5) is 13.5. The highest BCUT2D eigenvalue weighted by molar-refractivity contribution is 5.94. The zero-order chi connectivity index (χ0) is 19.1. The molecule has 0 bridgehead atoms. The lowest BCUT2D eigenvalue weighted by Gasteiger charge is -2.21. The Morgan fingerprint density at radius 1 is 1.15 bits per heavy atom. The average molecular weight is 365 g/mol. The zero-order valence-electron chi connectivity index (χ0n) is 15.0. The van der Waals surface area contributed by atoms with E-state index in [0.717, 1.165) is 10.5 Å². The lowest BCUT2D eigenvalue weighted by atomic mass is 10.1. The van der Waals surface area contributed by atoms with E-state index < -0.39 is 6.61 Å². The number of carbonyl (C=O) groups excluding carboxylic acids is 1. The molecule has 0 aliphatic rings. The number of nitrogens with one attached hydrogen (secondary N) is 2. The van der Waals surface area contributed by atoms with E-state index in [9.17, 15) is 13.6 Å². The van der Waals surface area contributed by atoms with Crippen molar-refractivity contribution in [1.29, 1.82) is 0 Å². The molecule has 1 unspecified atom stereocenters. The van der Waals surface area contributed by atoms with Gasteiger partial charge in [0.05, 0.1) is 19.8 Å². The Balaban J connectivity index is 1.95. The van der Waals surface area contributed by atoms with Gasteiger partial charge in [-0.2, -0.15) is 8.78 Å². The quantitative estimate of drug-likeness (QED) is 0.755. The number of carbonyl (C=O) groups is 1. The summed E-state index contributed by atoms with van der Waals surface area (Å²) < 4.78 is 33.9. The third-order valence-electron chi connectivity index (χ3n) is 4.13. The van der Waals surface area contributed by atoms with Crippen molar-refractivity contribution in [2.24, 2.45) is 0 Å². The average Bonchev–Trinajstić information content (AvgIpc) is 2.62. The summed E-state index contributed by atoms with van der Waals surface area (Å²) in [5, 5.41) is 2.87. The summed E-state index contributed by atoms with van der Waals surface area (Å²) >= 11 is 0. The predicted molar refractivity (Wildman–Crippen MR) is 94.8 cm³/mol. The minimum atomic E-state index is -2.84. The van der Waals surface area contributed by atoms with Crippen molar-refractivity contribution < 1.29 is 27.9 Å². The van der Waals surface area contributed by atoms with Gasteiger partial charge < -0.3 is 19.7 Å². The van der Waals surface area contributed by atoms with Gasteiger partial charge in [-0.1, -0.05) is 12.1 Å². The molecule has 0 fully saturated rings. The summed E-state index contributed by atoms with van der Waals surface area (Å²) in [5.74, 6) is 0.577. The number of halogens is 2. The van der Waals surface area contributed by atoms with Gasteiger partial charge in [-0.25, -0.2) is 0 Å². The SMILES string of the molecule is COc1ccccc1NC(=O)[C@@H](C)[NH+](C)Cc1ccc(OC(F)F)cc1. The first-order valence-electron chi connectivity index (χ1n) is 8.20. The molecule has 2 atom stereocenters. The summed E-state index contributed by atoms with van der Waals surface area (Å²) in [6.45, 7) is -0.447. The number of anilines is 1. The maximum absolute atomic E-state index is 12.5. The smallest absolute Gasteiger partial charge is 0.387 e. The minimum Gasteiger partial charge on any atom is -0.495 e. The summed E-state index contributed by atoms with van der Waals surface area (Å²) in [6.07, 6.45) is 0. The van der Waals surface area contributed by atoms with Crippen LogP contribution in [0.1, 0.15) is 12.5 Å². The van der Waals surface area contributed by atoms with Crippen molar-refractivity contribution in [3.63, 3.8) is 0 Å². The van der Waals surface area contributed by atoms with E-state index in [1.807, 2.05) is 26.1 Å². The van der Waals surface area contributed by atoms with Crippen LogP contribution in [0.5, 0.6) is 11.5 Å². The Labute approximate surface area is 151 Å². The molecule has 5 nitrogen and oxygen atoms in total. The molecule has 0 aliphatic carbocycles. The Morgan fingerprint density at radius 3 is 2.42 bits per heavy atom. The number of alkyl halides is 2. The van der Waals surface area contributed by atoms with Gasteiger partial charge in [0.1, 0.15) is 18.0 Å². The Hall–Kier alpha value is -2.67. The summed E-state index contributed by atoms with van der Waals surface area (Å²) in [5.41, 5.74) is 1.54. The van der Waals surface area contributed by atoms with E-state index >= 15 is 0 Å². The number of para-hydroxylation sites is 2. The van der Waals surface area contributed by atoms with Gasteiger partial charge in [0, 0.05) is 5.56 Å². The van der Waals surface area contributed by atoms with Crippen LogP contribution in [0.2, 0.25) is 0 Å². The van der Waals surface area contributed by atoms with Gasteiger partial charge in [0.15, 0.2) is 6.04 Å². The molecule has 140 valence electrons. The first kappa shape index (κ1) is 19.7. The molecule has 0 spiro atoms. The lowest BCUT2D eigenvalue weighted by molar-refractivity contribution is -0.907. The number of hydrogen-bond acceptors (Lipinski definition) is 3. The van der Waals surface area contributed by atoms with Crippen LogP contribution in [0.25, 0.3) is 0 Å². The van der Waals surface area contributed by atoms with Gasteiger partial charge in [-0.15, -0.1) is 0 Å². The van der Waals surface area contributed by atoms with Crippen LogP contribution in [-0.4, -0.2) is 32.7 Å². The second-order valence-corrected chi connectivity index (χ2v) is 5.96. The lowest BCUT2D eigenvalue weighted by Crippen LogP contribution is -3.12. The fourth-order valence-electron chi connectivity index (χ4n) is 2.48. The van der Waals surface area contributed by atoms with Crippen molar-refractivity contribution in [2.75, 3.05) is 19.5 Å². The topological polar surface area (TPSA) is 52.0 Å². The molecule has 0 aliphatic heterocycles. The van der Waals surface area contributed by atoms with Crippen molar-refractivity contribution in [3.05, 3.63) is 54.1 Å². The second kappa shape index (κ2) is 9.15. The molecule has 0 heterocycles. The first-order chi connectivity index (χ1) is 12.4. The van der Waals surface area contributed by atoms with E-state index in [-0.39, 0.29) is 17.7 Å². The maximum Gasteiger partial charge on any atom is 0.387 e. The molecule has 0 radical (unpaired) electrons. The molecule has 0 saturated carbocycles.